The van der Waals surface area contributed by atoms with Crippen molar-refractivity contribution in [1.29, 1.82) is 0 Å². The molecule has 0 saturated heterocycles. The van der Waals surface area contributed by atoms with Crippen LogP contribution in [0.5, 0.6) is 5.75 Å². The molecule has 0 fully saturated rings. The summed E-state index contributed by atoms with van der Waals surface area (Å²) in [5, 5.41) is 2.94. The van der Waals surface area contributed by atoms with Gasteiger partial charge in [-0.25, -0.2) is 9.97 Å². The van der Waals surface area contributed by atoms with E-state index < -0.39 is 0 Å². The lowest BCUT2D eigenvalue weighted by Gasteiger charge is -2.06. The van der Waals surface area contributed by atoms with Gasteiger partial charge in [-0.05, 0) is 23.3 Å². The second kappa shape index (κ2) is 8.06. The number of methoxy groups -OCH3 is 1. The predicted octanol–water partition coefficient (Wildman–Crippen LogP) is 3.93. The summed E-state index contributed by atoms with van der Waals surface area (Å²) in [5.41, 5.74) is 1.97. The summed E-state index contributed by atoms with van der Waals surface area (Å²) in [6.45, 7) is 0.387. The Morgan fingerprint density at radius 3 is 2.75 bits per heavy atom. The highest BCUT2D eigenvalue weighted by Gasteiger charge is 2.17. The molecule has 140 valence electrons. The van der Waals surface area contributed by atoms with Crippen molar-refractivity contribution in [1.82, 2.24) is 19.9 Å². The third-order valence-electron chi connectivity index (χ3n) is 4.21. The maximum atomic E-state index is 12.7. The third-order valence-corrected chi connectivity index (χ3v) is 5.38. The average molecular weight is 390 g/mol. The molecule has 0 unspecified atom stereocenters. The van der Waals surface area contributed by atoms with Crippen LogP contribution in [-0.2, 0) is 6.54 Å². The second-order valence-electron chi connectivity index (χ2n) is 6.05. The number of rotatable bonds is 6. The molecule has 28 heavy (non-hydrogen) atoms. The van der Waals surface area contributed by atoms with E-state index in [0.29, 0.717) is 17.2 Å². The van der Waals surface area contributed by atoms with Crippen LogP contribution >= 0.6 is 11.3 Å². The van der Waals surface area contributed by atoms with Crippen LogP contribution in [0.2, 0.25) is 0 Å². The van der Waals surface area contributed by atoms with E-state index in [1.54, 1.807) is 25.8 Å². The number of amides is 1. The van der Waals surface area contributed by atoms with Crippen molar-refractivity contribution in [3.63, 3.8) is 0 Å². The molecule has 3 aromatic heterocycles. The Hall–Kier alpha value is -3.45. The highest BCUT2D eigenvalue weighted by atomic mass is 32.1. The minimum Gasteiger partial charge on any atom is -0.495 e. The first kappa shape index (κ1) is 17.9. The van der Waals surface area contributed by atoms with Crippen molar-refractivity contribution in [2.75, 3.05) is 7.11 Å². The number of hydrogen-bond acceptors (Lipinski definition) is 5. The number of thiophene rings is 1. The Balaban J connectivity index is 1.46. The number of benzene rings is 1. The highest BCUT2D eigenvalue weighted by Crippen LogP contribution is 2.36. The standard InChI is InChI=1S/C21H18N4O2S/c1-27-17-11-18(16-5-3-2-4-6-16)28-20(17)21(26)24-13-15-7-8-19(23-12-15)25-10-9-22-14-25/h2-12,14H,13H2,1H3,(H,24,26). The molecule has 6 nitrogen and oxygen atoms in total. The van der Waals surface area contributed by atoms with E-state index in [4.69, 9.17) is 4.74 Å². The van der Waals surface area contributed by atoms with Crippen molar-refractivity contribution < 1.29 is 9.53 Å². The number of ether oxygens (including phenoxy) is 1. The van der Waals surface area contributed by atoms with Gasteiger partial charge in [0.05, 0.1) is 7.11 Å². The molecule has 0 bridgehead atoms. The summed E-state index contributed by atoms with van der Waals surface area (Å²) in [6.07, 6.45) is 6.97. The predicted molar refractivity (Wildman–Crippen MR) is 109 cm³/mol. The average Bonchev–Trinajstić information content (AvgIpc) is 3.43. The van der Waals surface area contributed by atoms with Crippen LogP contribution in [0.1, 0.15) is 15.2 Å². The zero-order valence-electron chi connectivity index (χ0n) is 15.2. The Labute approximate surface area is 166 Å². The van der Waals surface area contributed by atoms with Crippen molar-refractivity contribution >= 4 is 17.2 Å². The molecule has 1 amide bonds. The number of pyridine rings is 1. The van der Waals surface area contributed by atoms with Gasteiger partial charge in [0.15, 0.2) is 0 Å². The van der Waals surface area contributed by atoms with E-state index in [0.717, 1.165) is 21.8 Å². The highest BCUT2D eigenvalue weighted by molar-refractivity contribution is 7.17. The van der Waals surface area contributed by atoms with E-state index in [2.05, 4.69) is 15.3 Å². The van der Waals surface area contributed by atoms with Crippen LogP contribution in [0.3, 0.4) is 0 Å². The number of hydrogen-bond donors (Lipinski definition) is 1. The molecule has 1 N–H and O–H groups in total. The molecule has 1 aromatic carbocycles. The van der Waals surface area contributed by atoms with Crippen LogP contribution in [0, 0.1) is 0 Å². The number of carbonyl (C=O) groups is 1. The molecule has 0 aliphatic carbocycles. The quantitative estimate of drug-likeness (QED) is 0.542. The minimum atomic E-state index is -0.164. The molecule has 0 saturated carbocycles. The first-order valence-electron chi connectivity index (χ1n) is 8.69. The Kier molecular flexibility index (Phi) is 5.16. The molecule has 0 radical (unpaired) electrons. The zero-order valence-corrected chi connectivity index (χ0v) is 16.0. The van der Waals surface area contributed by atoms with Crippen molar-refractivity contribution in [2.45, 2.75) is 6.54 Å². The lowest BCUT2D eigenvalue weighted by atomic mass is 10.2. The molecule has 0 aliphatic rings. The summed E-state index contributed by atoms with van der Waals surface area (Å²) < 4.78 is 7.23. The number of nitrogens with one attached hydrogen (secondary N) is 1. The van der Waals surface area contributed by atoms with Gasteiger partial charge in [0.1, 0.15) is 22.8 Å². The fourth-order valence-corrected chi connectivity index (χ4v) is 3.81. The van der Waals surface area contributed by atoms with Crippen LogP contribution in [0.25, 0.3) is 16.3 Å². The SMILES string of the molecule is COc1cc(-c2ccccc2)sc1C(=O)NCc1ccc(-n2ccnc2)nc1. The van der Waals surface area contributed by atoms with Crippen LogP contribution in [0.4, 0.5) is 0 Å². The van der Waals surface area contributed by atoms with Gasteiger partial charge in [-0.3, -0.25) is 9.36 Å². The molecule has 0 spiro atoms. The van der Waals surface area contributed by atoms with E-state index in [-0.39, 0.29) is 5.91 Å². The monoisotopic (exact) mass is 390 g/mol. The molecule has 4 rings (SSSR count). The molecule has 0 atom stereocenters. The number of imidazole rings is 1. The zero-order chi connectivity index (χ0) is 19.3. The van der Waals surface area contributed by atoms with Crippen molar-refractivity contribution in [2.24, 2.45) is 0 Å². The Morgan fingerprint density at radius 1 is 1.21 bits per heavy atom. The fraction of sp³-hybridized carbons (Fsp3) is 0.0952. The largest absolute Gasteiger partial charge is 0.495 e. The number of carbonyl (C=O) groups excluding carboxylic acids is 1. The lowest BCUT2D eigenvalue weighted by Crippen LogP contribution is -2.22. The fourth-order valence-electron chi connectivity index (χ4n) is 2.76. The first-order valence-corrected chi connectivity index (χ1v) is 9.51. The summed E-state index contributed by atoms with van der Waals surface area (Å²) in [7, 11) is 1.58. The minimum absolute atomic E-state index is 0.164. The maximum absolute atomic E-state index is 12.7. The van der Waals surface area contributed by atoms with Gasteiger partial charge < -0.3 is 10.1 Å². The smallest absolute Gasteiger partial charge is 0.265 e. The summed E-state index contributed by atoms with van der Waals surface area (Å²) in [6, 6.07) is 15.7. The van der Waals surface area contributed by atoms with Gasteiger partial charge in [0.2, 0.25) is 0 Å². The molecular weight excluding hydrogens is 372 g/mol. The van der Waals surface area contributed by atoms with E-state index >= 15 is 0 Å². The second-order valence-corrected chi connectivity index (χ2v) is 7.10. The summed E-state index contributed by atoms with van der Waals surface area (Å²) in [4.78, 5) is 22.6. The van der Waals surface area contributed by atoms with Crippen LogP contribution in [0.15, 0.2) is 73.4 Å². The molecular formula is C21H18N4O2S. The summed E-state index contributed by atoms with van der Waals surface area (Å²) in [5.74, 6) is 1.19. The number of nitrogens with zero attached hydrogens (tertiary/aromatic N) is 3. The van der Waals surface area contributed by atoms with Crippen LogP contribution in [-0.4, -0.2) is 27.6 Å². The molecule has 0 aliphatic heterocycles. The van der Waals surface area contributed by atoms with Gasteiger partial charge >= 0.3 is 0 Å². The Morgan fingerprint density at radius 2 is 2.07 bits per heavy atom. The maximum Gasteiger partial charge on any atom is 0.265 e. The van der Waals surface area contributed by atoms with Crippen molar-refractivity contribution in [3.8, 4) is 22.0 Å². The Bertz CT molecular complexity index is 1060. The normalized spacial score (nSPS) is 10.6. The van der Waals surface area contributed by atoms with E-state index in [1.165, 1.54) is 11.3 Å². The van der Waals surface area contributed by atoms with Gasteiger partial charge in [0, 0.05) is 30.0 Å². The lowest BCUT2D eigenvalue weighted by molar-refractivity contribution is 0.0952. The summed E-state index contributed by atoms with van der Waals surface area (Å²) >= 11 is 1.42. The third kappa shape index (κ3) is 3.79. The molecule has 3 heterocycles. The van der Waals surface area contributed by atoms with Gasteiger partial charge in [-0.1, -0.05) is 36.4 Å². The van der Waals surface area contributed by atoms with Gasteiger partial charge in [0.25, 0.3) is 5.91 Å². The van der Waals surface area contributed by atoms with E-state index in [1.807, 2.05) is 59.3 Å². The van der Waals surface area contributed by atoms with Gasteiger partial charge in [-0.15, -0.1) is 11.3 Å². The molecule has 4 aromatic rings. The first-order chi connectivity index (χ1) is 13.7. The topological polar surface area (TPSA) is 69.0 Å². The van der Waals surface area contributed by atoms with Crippen LogP contribution < -0.4 is 10.1 Å². The van der Waals surface area contributed by atoms with E-state index in [9.17, 15) is 4.79 Å². The van der Waals surface area contributed by atoms with Gasteiger partial charge in [-0.2, -0.15) is 0 Å². The van der Waals surface area contributed by atoms with Crippen molar-refractivity contribution in [3.05, 3.63) is 83.9 Å². The molecule has 7 heteroatoms. The number of aromatic nitrogens is 3.